The number of benzene rings is 1. The minimum absolute atomic E-state index is 0. The van der Waals surface area contributed by atoms with E-state index in [1.807, 2.05) is 12.1 Å². The summed E-state index contributed by atoms with van der Waals surface area (Å²) >= 11 is 0. The smallest absolute Gasteiger partial charge is 0.122 e. The molecule has 0 aliphatic carbocycles. The van der Waals surface area contributed by atoms with Gasteiger partial charge in [-0.2, -0.15) is 0 Å². The summed E-state index contributed by atoms with van der Waals surface area (Å²) in [6.07, 6.45) is 3.32. The standard InChI is InChI=1S/C18H29NO2.ClH/c1-13-7-5-10-18(16(13)4)21-12-17(20)11-19-14(2)8-6-9-15(19)3;/h5,7,10,14-15,17,20H,6,8-9,11-12H2,1-4H3;1H. The second kappa shape index (κ2) is 8.76. The van der Waals surface area contributed by atoms with E-state index in [4.69, 9.17) is 4.74 Å². The first kappa shape index (κ1) is 19.3. The molecule has 1 aromatic rings. The zero-order valence-electron chi connectivity index (χ0n) is 14.2. The summed E-state index contributed by atoms with van der Waals surface area (Å²) in [5.74, 6) is 0.883. The molecule has 22 heavy (non-hydrogen) atoms. The maximum atomic E-state index is 10.3. The Morgan fingerprint density at radius 2 is 1.86 bits per heavy atom. The van der Waals surface area contributed by atoms with Gasteiger partial charge in [0, 0.05) is 18.6 Å². The van der Waals surface area contributed by atoms with Crippen LogP contribution in [0.15, 0.2) is 18.2 Å². The number of halogens is 1. The van der Waals surface area contributed by atoms with E-state index < -0.39 is 6.10 Å². The minimum Gasteiger partial charge on any atom is -0.491 e. The van der Waals surface area contributed by atoms with Gasteiger partial charge in [-0.05, 0) is 57.7 Å². The third-order valence-electron chi connectivity index (χ3n) is 4.78. The van der Waals surface area contributed by atoms with Crippen molar-refractivity contribution in [2.75, 3.05) is 13.2 Å². The molecule has 3 unspecified atom stereocenters. The van der Waals surface area contributed by atoms with Crippen molar-refractivity contribution in [3.05, 3.63) is 29.3 Å². The number of aliphatic hydroxyl groups excluding tert-OH is 1. The average Bonchev–Trinajstić information content (AvgIpc) is 2.45. The average molecular weight is 328 g/mol. The number of β-amino-alcohol motifs (C(OH)–C–C–N with tert-alkyl or cyclic N) is 1. The number of rotatable bonds is 5. The highest BCUT2D eigenvalue weighted by atomic mass is 35.5. The van der Waals surface area contributed by atoms with Crippen molar-refractivity contribution in [2.45, 2.75) is 65.1 Å². The van der Waals surface area contributed by atoms with E-state index in [-0.39, 0.29) is 12.4 Å². The van der Waals surface area contributed by atoms with E-state index in [0.717, 1.165) is 11.3 Å². The van der Waals surface area contributed by atoms with Gasteiger partial charge in [0.15, 0.2) is 0 Å². The lowest BCUT2D eigenvalue weighted by Gasteiger charge is -2.40. The number of hydrogen-bond acceptors (Lipinski definition) is 3. The molecular weight excluding hydrogens is 298 g/mol. The van der Waals surface area contributed by atoms with Gasteiger partial charge in [-0.15, -0.1) is 12.4 Å². The van der Waals surface area contributed by atoms with Gasteiger partial charge in [-0.25, -0.2) is 0 Å². The van der Waals surface area contributed by atoms with E-state index in [1.54, 1.807) is 0 Å². The molecule has 1 aliphatic heterocycles. The van der Waals surface area contributed by atoms with Gasteiger partial charge in [0.2, 0.25) is 0 Å². The molecule has 1 saturated heterocycles. The van der Waals surface area contributed by atoms with Crippen LogP contribution in [0.25, 0.3) is 0 Å². The van der Waals surface area contributed by atoms with Crippen molar-refractivity contribution < 1.29 is 9.84 Å². The molecule has 0 saturated carbocycles. The second-order valence-corrected chi connectivity index (χ2v) is 6.49. The third-order valence-corrected chi connectivity index (χ3v) is 4.78. The van der Waals surface area contributed by atoms with E-state index in [1.165, 1.54) is 24.8 Å². The normalized spacial score (nSPS) is 23.7. The van der Waals surface area contributed by atoms with Gasteiger partial charge in [-0.1, -0.05) is 18.6 Å². The highest BCUT2D eigenvalue weighted by molar-refractivity contribution is 5.85. The third kappa shape index (κ3) is 4.87. The van der Waals surface area contributed by atoms with E-state index in [9.17, 15) is 5.11 Å². The van der Waals surface area contributed by atoms with Crippen LogP contribution in [0.2, 0.25) is 0 Å². The number of aliphatic hydroxyl groups is 1. The Morgan fingerprint density at radius 1 is 1.23 bits per heavy atom. The van der Waals surface area contributed by atoms with Crippen LogP contribution >= 0.6 is 12.4 Å². The quantitative estimate of drug-likeness (QED) is 0.894. The Bertz CT molecular complexity index is 456. The molecule has 4 heteroatoms. The Balaban J connectivity index is 0.00000242. The summed E-state index contributed by atoms with van der Waals surface area (Å²) in [6.45, 7) is 9.72. The Kier molecular flexibility index (Phi) is 7.67. The van der Waals surface area contributed by atoms with Gasteiger partial charge in [0.25, 0.3) is 0 Å². The molecule has 0 bridgehead atoms. The fourth-order valence-corrected chi connectivity index (χ4v) is 3.20. The summed E-state index contributed by atoms with van der Waals surface area (Å²) in [6, 6.07) is 7.17. The SMILES string of the molecule is Cc1cccc(OCC(O)CN2C(C)CCCC2C)c1C.Cl. The largest absolute Gasteiger partial charge is 0.491 e. The lowest BCUT2D eigenvalue weighted by Crippen LogP contribution is -2.48. The molecule has 1 heterocycles. The highest BCUT2D eigenvalue weighted by Crippen LogP contribution is 2.23. The molecule has 0 radical (unpaired) electrons. The van der Waals surface area contributed by atoms with E-state index >= 15 is 0 Å². The van der Waals surface area contributed by atoms with Crippen molar-refractivity contribution in [1.82, 2.24) is 4.90 Å². The van der Waals surface area contributed by atoms with Crippen LogP contribution in [-0.4, -0.2) is 41.3 Å². The number of hydrogen-bond donors (Lipinski definition) is 1. The fraction of sp³-hybridized carbons (Fsp3) is 0.667. The number of aryl methyl sites for hydroxylation is 1. The summed E-state index contributed by atoms with van der Waals surface area (Å²) in [4.78, 5) is 2.42. The first-order valence-corrected chi connectivity index (χ1v) is 8.12. The van der Waals surface area contributed by atoms with Crippen LogP contribution in [0.5, 0.6) is 5.75 Å². The molecule has 1 aromatic carbocycles. The topological polar surface area (TPSA) is 32.7 Å². The molecule has 3 nitrogen and oxygen atoms in total. The summed E-state index contributed by atoms with van der Waals surface area (Å²) in [5, 5.41) is 10.3. The molecule has 3 atom stereocenters. The van der Waals surface area contributed by atoms with Crippen molar-refractivity contribution in [3.63, 3.8) is 0 Å². The lowest BCUT2D eigenvalue weighted by molar-refractivity contribution is 0.0207. The molecule has 1 aliphatic rings. The van der Waals surface area contributed by atoms with Gasteiger partial charge in [0.1, 0.15) is 18.5 Å². The molecule has 2 rings (SSSR count). The first-order valence-electron chi connectivity index (χ1n) is 8.12. The molecule has 1 fully saturated rings. The number of nitrogens with zero attached hydrogens (tertiary/aromatic N) is 1. The van der Waals surface area contributed by atoms with Gasteiger partial charge >= 0.3 is 0 Å². The second-order valence-electron chi connectivity index (χ2n) is 6.49. The summed E-state index contributed by atoms with van der Waals surface area (Å²) < 4.78 is 5.81. The summed E-state index contributed by atoms with van der Waals surface area (Å²) in [7, 11) is 0. The Hall–Kier alpha value is -0.770. The molecule has 0 spiro atoms. The molecule has 0 amide bonds. The van der Waals surface area contributed by atoms with Crippen LogP contribution in [0, 0.1) is 13.8 Å². The predicted octanol–water partition coefficient (Wildman–Crippen LogP) is 3.73. The molecule has 0 aromatic heterocycles. The first-order chi connectivity index (χ1) is 9.99. The maximum Gasteiger partial charge on any atom is 0.122 e. The Morgan fingerprint density at radius 3 is 2.50 bits per heavy atom. The van der Waals surface area contributed by atoms with Crippen molar-refractivity contribution in [1.29, 1.82) is 0 Å². The molecule has 1 N–H and O–H groups in total. The van der Waals surface area contributed by atoms with E-state index in [0.29, 0.717) is 25.2 Å². The lowest BCUT2D eigenvalue weighted by atomic mass is 9.97. The maximum absolute atomic E-state index is 10.3. The van der Waals surface area contributed by atoms with Crippen LogP contribution in [0.4, 0.5) is 0 Å². The van der Waals surface area contributed by atoms with Crippen molar-refractivity contribution in [3.8, 4) is 5.75 Å². The predicted molar refractivity (Wildman–Crippen MR) is 94.1 cm³/mol. The highest BCUT2D eigenvalue weighted by Gasteiger charge is 2.26. The van der Waals surface area contributed by atoms with Gasteiger partial charge in [-0.3, -0.25) is 4.90 Å². The molecular formula is C18H30ClNO2. The van der Waals surface area contributed by atoms with Crippen LogP contribution in [0.3, 0.4) is 0 Å². The Labute approximate surface area is 141 Å². The van der Waals surface area contributed by atoms with Crippen molar-refractivity contribution in [2.24, 2.45) is 0 Å². The minimum atomic E-state index is -0.437. The van der Waals surface area contributed by atoms with Crippen molar-refractivity contribution >= 4 is 12.4 Å². The molecule has 126 valence electrons. The van der Waals surface area contributed by atoms with Crippen LogP contribution in [-0.2, 0) is 0 Å². The summed E-state index contributed by atoms with van der Waals surface area (Å²) in [5.41, 5.74) is 2.38. The number of likely N-dealkylation sites (tertiary alicyclic amines) is 1. The monoisotopic (exact) mass is 327 g/mol. The number of piperidine rings is 1. The van der Waals surface area contributed by atoms with Crippen LogP contribution < -0.4 is 4.74 Å². The zero-order valence-corrected chi connectivity index (χ0v) is 15.0. The van der Waals surface area contributed by atoms with Gasteiger partial charge < -0.3 is 9.84 Å². The number of ether oxygens (including phenoxy) is 1. The van der Waals surface area contributed by atoms with Crippen LogP contribution in [0.1, 0.15) is 44.2 Å². The van der Waals surface area contributed by atoms with Gasteiger partial charge in [0.05, 0.1) is 0 Å². The fourth-order valence-electron chi connectivity index (χ4n) is 3.20. The zero-order chi connectivity index (χ0) is 15.4. The van der Waals surface area contributed by atoms with E-state index in [2.05, 4.69) is 38.7 Å².